The molecule has 352 valence electrons. The first-order chi connectivity index (χ1) is 31.8. The molecule has 0 bridgehead atoms. The van der Waals surface area contributed by atoms with E-state index < -0.39 is 9.55 Å². The molecule has 0 aliphatic heterocycles. The maximum Gasteiger partial charge on any atom is 0.439 e. The number of aromatic amines is 1. The van der Waals surface area contributed by atoms with Crippen LogP contribution in [-0.4, -0.2) is 104 Å². The monoisotopic (exact) mass is 980 g/mol. The predicted molar refractivity (Wildman–Crippen MR) is 248 cm³/mol. The minimum Gasteiger partial charge on any atom is -0.477 e. The highest BCUT2D eigenvalue weighted by Crippen LogP contribution is 2.40. The normalized spacial score (nSPS) is 11.5. The van der Waals surface area contributed by atoms with E-state index in [1.807, 2.05) is 59.7 Å². The zero-order valence-electron chi connectivity index (χ0n) is 38.0. The van der Waals surface area contributed by atoms with E-state index in [9.17, 15) is 4.79 Å². The van der Waals surface area contributed by atoms with Crippen LogP contribution in [0.15, 0.2) is 37.2 Å². The van der Waals surface area contributed by atoms with Gasteiger partial charge < -0.3 is 43.9 Å². The highest BCUT2D eigenvalue weighted by molar-refractivity contribution is 6.66. The first kappa shape index (κ1) is 49.1. The molecule has 0 spiro atoms. The van der Waals surface area contributed by atoms with Crippen molar-refractivity contribution in [3.63, 3.8) is 0 Å². The summed E-state index contributed by atoms with van der Waals surface area (Å²) in [7, 11) is 8.92. The van der Waals surface area contributed by atoms with Crippen molar-refractivity contribution in [2.24, 2.45) is 10.9 Å². The number of H-pyrrole nitrogens is 1. The topological polar surface area (TPSA) is 289 Å². The van der Waals surface area contributed by atoms with Crippen molar-refractivity contribution >= 4 is 73.7 Å². The molecule has 0 atom stereocenters. The molecule has 4 N–H and O–H groups in total. The smallest absolute Gasteiger partial charge is 0.439 e. The Kier molecular flexibility index (Phi) is 14.7. The van der Waals surface area contributed by atoms with Gasteiger partial charge >= 0.3 is 5.76 Å². The van der Waals surface area contributed by atoms with Gasteiger partial charge in [0.1, 0.15) is 16.6 Å². The summed E-state index contributed by atoms with van der Waals surface area (Å²) in [5.74, 6) is 1.37. The Labute approximate surface area is 395 Å². The Hall–Kier alpha value is -7.30. The lowest BCUT2D eigenvalue weighted by atomic mass is 10.0. The third-order valence-corrected chi connectivity index (χ3v) is 10.8. The van der Waals surface area contributed by atoms with Crippen molar-refractivity contribution < 1.29 is 42.7 Å². The second kappa shape index (κ2) is 20.1. The van der Waals surface area contributed by atoms with Crippen LogP contribution >= 0.6 is 34.8 Å². The molecule has 0 saturated heterocycles. The Balaban J connectivity index is 0.000000167. The number of methoxy groups -OCH3 is 6. The number of nitrogens with one attached hydrogen (secondary N) is 1. The molecule has 22 nitrogen and oxygen atoms in total. The number of aryl methyl sites for hydroxylation is 3. The summed E-state index contributed by atoms with van der Waals surface area (Å²) in [6.07, 6.45) is 0. The summed E-state index contributed by atoms with van der Waals surface area (Å²) in [5, 5.41) is 19.7. The molecule has 8 aromatic rings. The number of nitrogens with two attached hydrogens (primary N) is 1. The average molecular weight is 982 g/mol. The number of fused-ring (bicyclic) bond motifs is 3. The number of aromatic nitrogens is 10. The van der Waals surface area contributed by atoms with E-state index in [0.717, 1.165) is 33.4 Å². The van der Waals surface area contributed by atoms with Crippen LogP contribution in [-0.2, 0) is 3.79 Å². The van der Waals surface area contributed by atoms with Crippen molar-refractivity contribution in [2.75, 3.05) is 42.7 Å². The molecule has 0 aliphatic carbocycles. The van der Waals surface area contributed by atoms with E-state index in [1.54, 1.807) is 0 Å². The van der Waals surface area contributed by atoms with Gasteiger partial charge in [-0.05, 0) is 93.1 Å². The average Bonchev–Trinajstić information content (AvgIpc) is 3.99. The van der Waals surface area contributed by atoms with Crippen LogP contribution in [0.2, 0.25) is 0 Å². The lowest BCUT2D eigenvalue weighted by molar-refractivity contribution is 0.318. The molecule has 3 aromatic carbocycles. The number of amidine groups is 1. The van der Waals surface area contributed by atoms with Crippen LogP contribution in [0.3, 0.4) is 0 Å². The Bertz CT molecular complexity index is 3240. The number of ether oxygens (including phenoxy) is 6. The first-order valence-electron chi connectivity index (χ1n) is 19.5. The maximum atomic E-state index is 11.3. The SMILES string of the molecule is COc1nc2cc(C)c(C)c(-c3noc(=O)[nH]3)c2nc1OC.COc1nc2cc(C)c(C)c(-c3noc(C(Cl)(Cl)Cl)n3)c2nc1OC.COc1nc2cc(C)c(C)c(/C(N)=N\O)c2nc1OC. The number of rotatable bonds is 9. The van der Waals surface area contributed by atoms with Crippen LogP contribution in [0, 0.1) is 41.5 Å². The number of alkyl halides is 3. The predicted octanol–water partition coefficient (Wildman–Crippen LogP) is 7.11. The van der Waals surface area contributed by atoms with Gasteiger partial charge in [-0.1, -0.05) is 50.3 Å². The van der Waals surface area contributed by atoms with Crippen molar-refractivity contribution in [1.29, 1.82) is 0 Å². The van der Waals surface area contributed by atoms with Gasteiger partial charge in [-0.2, -0.15) is 4.98 Å². The number of nitrogens with zero attached hydrogens (tertiary/aromatic N) is 10. The van der Waals surface area contributed by atoms with Crippen molar-refractivity contribution in [2.45, 2.75) is 45.3 Å². The number of halogens is 3. The molecular weight excluding hydrogens is 939 g/mol. The second-order valence-corrected chi connectivity index (χ2v) is 16.5. The van der Waals surface area contributed by atoms with Crippen LogP contribution in [0.25, 0.3) is 55.9 Å². The summed E-state index contributed by atoms with van der Waals surface area (Å²) in [6.45, 7) is 11.5. The van der Waals surface area contributed by atoms with Gasteiger partial charge in [-0.15, -0.1) is 0 Å². The molecule has 0 amide bonds. The highest BCUT2D eigenvalue weighted by Gasteiger charge is 2.32. The van der Waals surface area contributed by atoms with Crippen molar-refractivity contribution in [3.8, 4) is 58.1 Å². The Morgan fingerprint density at radius 2 is 1.00 bits per heavy atom. The standard InChI is InChI=1S/C15H13Cl3N4O3.C14H14N4O4.C13H16N4O3/c1-6-5-8-10(20-13(24-4)12(19-8)23-3)9(7(6)2)11-21-14(25-22-11)15(16,17)18;1-6-5-8-10(16-13(21-4)12(15-8)20-3)9(7(6)2)11-17-14(19)22-18-11;1-6-5-8-10(9(7(6)2)11(14)17-18)16-13(20-4)12(15-8)19-3/h5H,1-4H3;5H,1-4H3,(H,17,18,19);5,18H,1-4H3,(H2,14,17). The number of benzene rings is 3. The van der Waals surface area contributed by atoms with E-state index in [1.165, 1.54) is 42.7 Å². The van der Waals surface area contributed by atoms with Gasteiger partial charge in [0.2, 0.25) is 5.82 Å². The molecule has 25 heteroatoms. The van der Waals surface area contributed by atoms with Crippen LogP contribution in [0.5, 0.6) is 35.3 Å². The van der Waals surface area contributed by atoms with Gasteiger partial charge in [-0.3, -0.25) is 9.51 Å². The minimum atomic E-state index is -1.81. The molecule has 0 aliphatic rings. The summed E-state index contributed by atoms with van der Waals surface area (Å²) in [4.78, 5) is 44.4. The van der Waals surface area contributed by atoms with E-state index >= 15 is 0 Å². The van der Waals surface area contributed by atoms with Crippen LogP contribution in [0.1, 0.15) is 44.8 Å². The quantitative estimate of drug-likeness (QED) is 0.0427. The fourth-order valence-electron chi connectivity index (χ4n) is 6.67. The van der Waals surface area contributed by atoms with Crippen molar-refractivity contribution in [3.05, 3.63) is 73.6 Å². The number of hydrogen-bond acceptors (Lipinski definition) is 20. The second-order valence-electron chi connectivity index (χ2n) is 14.3. The third kappa shape index (κ3) is 9.81. The molecule has 5 heterocycles. The molecule has 0 fully saturated rings. The molecule has 8 rings (SSSR count). The number of oxime groups is 1. The van der Waals surface area contributed by atoms with Crippen LogP contribution in [0.4, 0.5) is 0 Å². The van der Waals surface area contributed by atoms with Gasteiger partial charge in [0.25, 0.3) is 45.0 Å². The molecule has 0 saturated carbocycles. The van der Waals surface area contributed by atoms with Gasteiger partial charge in [0.15, 0.2) is 11.7 Å². The minimum absolute atomic E-state index is 0.0160. The molecule has 0 radical (unpaired) electrons. The zero-order chi connectivity index (χ0) is 49.1. The Morgan fingerprint density at radius 3 is 1.40 bits per heavy atom. The summed E-state index contributed by atoms with van der Waals surface area (Å²) < 4.78 is 38.9. The fourth-order valence-corrected chi connectivity index (χ4v) is 6.90. The van der Waals surface area contributed by atoms with E-state index in [4.69, 9.17) is 78.7 Å². The van der Waals surface area contributed by atoms with E-state index in [0.29, 0.717) is 55.6 Å². The fraction of sp³-hybridized carbons (Fsp3) is 0.310. The largest absolute Gasteiger partial charge is 0.477 e. The summed E-state index contributed by atoms with van der Waals surface area (Å²) in [6, 6.07) is 5.65. The first-order valence-corrected chi connectivity index (χ1v) is 20.6. The molecule has 67 heavy (non-hydrogen) atoms. The summed E-state index contributed by atoms with van der Waals surface area (Å²) in [5.41, 5.74) is 16.5. The Morgan fingerprint density at radius 1 is 0.597 bits per heavy atom. The lowest BCUT2D eigenvalue weighted by Crippen LogP contribution is -2.17. The van der Waals surface area contributed by atoms with Gasteiger partial charge in [-0.25, -0.2) is 34.7 Å². The third-order valence-electron chi connectivity index (χ3n) is 10.3. The molecule has 5 aromatic heterocycles. The molecule has 0 unspecified atom stereocenters. The summed E-state index contributed by atoms with van der Waals surface area (Å²) >= 11 is 17.4. The van der Waals surface area contributed by atoms with Crippen molar-refractivity contribution in [1.82, 2.24) is 50.2 Å². The van der Waals surface area contributed by atoms with E-state index in [2.05, 4.69) is 59.9 Å². The number of hydrogen-bond donors (Lipinski definition) is 3. The zero-order valence-corrected chi connectivity index (χ0v) is 40.3. The molecular formula is C42H43Cl3N12O10. The maximum absolute atomic E-state index is 11.3. The highest BCUT2D eigenvalue weighted by atomic mass is 35.6. The van der Waals surface area contributed by atoms with Gasteiger partial charge in [0.05, 0.1) is 75.9 Å². The lowest BCUT2D eigenvalue weighted by Gasteiger charge is -2.13. The van der Waals surface area contributed by atoms with E-state index in [-0.39, 0.29) is 52.8 Å². The van der Waals surface area contributed by atoms with Crippen LogP contribution < -0.4 is 39.9 Å². The van der Waals surface area contributed by atoms with Gasteiger partial charge in [0, 0.05) is 0 Å².